The van der Waals surface area contributed by atoms with Gasteiger partial charge < -0.3 is 10.2 Å². The first-order valence-corrected chi connectivity index (χ1v) is 6.68. The van der Waals surface area contributed by atoms with Crippen molar-refractivity contribution in [2.75, 3.05) is 20.6 Å². The first kappa shape index (κ1) is 11.4. The largest absolute Gasteiger partial charge is 0.317 e. The number of rotatable bonds is 5. The third-order valence-corrected chi connectivity index (χ3v) is 4.58. The van der Waals surface area contributed by atoms with Crippen molar-refractivity contribution in [3.05, 3.63) is 0 Å². The van der Waals surface area contributed by atoms with Crippen molar-refractivity contribution in [2.24, 2.45) is 5.92 Å². The third-order valence-electron chi connectivity index (χ3n) is 4.58. The average Bonchev–Trinajstić information content (AvgIpc) is 2.58. The molecule has 15 heavy (non-hydrogen) atoms. The molecule has 0 saturated heterocycles. The van der Waals surface area contributed by atoms with Crippen LogP contribution in [0.25, 0.3) is 0 Å². The monoisotopic (exact) mass is 210 g/mol. The maximum Gasteiger partial charge on any atom is 0.00928 e. The summed E-state index contributed by atoms with van der Waals surface area (Å²) in [6.45, 7) is 1.31. The Morgan fingerprint density at radius 3 is 2.47 bits per heavy atom. The molecular formula is C13H26N2. The Morgan fingerprint density at radius 2 is 1.87 bits per heavy atom. The molecule has 0 aliphatic heterocycles. The van der Waals surface area contributed by atoms with Crippen LogP contribution in [0.1, 0.15) is 44.9 Å². The van der Waals surface area contributed by atoms with Gasteiger partial charge in [0, 0.05) is 12.1 Å². The van der Waals surface area contributed by atoms with E-state index in [1.54, 1.807) is 0 Å². The Kier molecular flexibility index (Phi) is 4.04. The van der Waals surface area contributed by atoms with Gasteiger partial charge in [-0.3, -0.25) is 0 Å². The standard InChI is InChI=1S/C13H26N2/c1-14-13-8-3-5-11(13)9-10-15(2)12-6-4-7-12/h11-14H,3-10H2,1-2H3. The Morgan fingerprint density at radius 1 is 1.13 bits per heavy atom. The Hall–Kier alpha value is -0.0800. The quantitative estimate of drug-likeness (QED) is 0.749. The molecule has 0 bridgehead atoms. The van der Waals surface area contributed by atoms with Crippen molar-refractivity contribution in [1.82, 2.24) is 10.2 Å². The summed E-state index contributed by atoms with van der Waals surface area (Å²) >= 11 is 0. The van der Waals surface area contributed by atoms with Crippen LogP contribution >= 0.6 is 0 Å². The van der Waals surface area contributed by atoms with E-state index in [9.17, 15) is 0 Å². The van der Waals surface area contributed by atoms with Gasteiger partial charge in [-0.15, -0.1) is 0 Å². The van der Waals surface area contributed by atoms with Crippen LogP contribution in [0.15, 0.2) is 0 Å². The van der Waals surface area contributed by atoms with Crippen LogP contribution in [0, 0.1) is 5.92 Å². The number of nitrogens with one attached hydrogen (secondary N) is 1. The summed E-state index contributed by atoms with van der Waals surface area (Å²) in [5, 5.41) is 3.48. The molecule has 88 valence electrons. The molecule has 2 unspecified atom stereocenters. The summed E-state index contributed by atoms with van der Waals surface area (Å²) in [6.07, 6.45) is 10.0. The predicted molar refractivity (Wildman–Crippen MR) is 65.1 cm³/mol. The minimum atomic E-state index is 0.805. The zero-order chi connectivity index (χ0) is 10.7. The summed E-state index contributed by atoms with van der Waals surface area (Å²) in [6, 6.07) is 1.72. The second-order valence-corrected chi connectivity index (χ2v) is 5.44. The van der Waals surface area contributed by atoms with E-state index in [0.29, 0.717) is 0 Å². The molecule has 0 aromatic rings. The van der Waals surface area contributed by atoms with Gasteiger partial charge in [-0.25, -0.2) is 0 Å². The SMILES string of the molecule is CNC1CCCC1CCN(C)C1CCC1. The van der Waals surface area contributed by atoms with Crippen LogP contribution in [0.4, 0.5) is 0 Å². The first-order chi connectivity index (χ1) is 7.31. The molecule has 2 heteroatoms. The number of hydrogen-bond acceptors (Lipinski definition) is 2. The molecule has 2 saturated carbocycles. The minimum absolute atomic E-state index is 0.805. The molecule has 2 fully saturated rings. The molecule has 2 aliphatic rings. The van der Waals surface area contributed by atoms with Crippen molar-refractivity contribution in [2.45, 2.75) is 57.0 Å². The highest BCUT2D eigenvalue weighted by atomic mass is 15.1. The molecule has 1 N–H and O–H groups in total. The van der Waals surface area contributed by atoms with E-state index in [1.165, 1.54) is 51.5 Å². The van der Waals surface area contributed by atoms with Gasteiger partial charge >= 0.3 is 0 Å². The zero-order valence-corrected chi connectivity index (χ0v) is 10.3. The van der Waals surface area contributed by atoms with Crippen molar-refractivity contribution in [3.63, 3.8) is 0 Å². The minimum Gasteiger partial charge on any atom is -0.317 e. The van der Waals surface area contributed by atoms with E-state index in [2.05, 4.69) is 24.3 Å². The molecule has 0 aromatic carbocycles. The second kappa shape index (κ2) is 5.31. The fraction of sp³-hybridized carbons (Fsp3) is 1.00. The summed E-state index contributed by atoms with van der Waals surface area (Å²) in [5.41, 5.74) is 0. The van der Waals surface area contributed by atoms with E-state index < -0.39 is 0 Å². The fourth-order valence-electron chi connectivity index (χ4n) is 3.14. The van der Waals surface area contributed by atoms with Crippen LogP contribution in [-0.2, 0) is 0 Å². The van der Waals surface area contributed by atoms with Crippen LogP contribution < -0.4 is 5.32 Å². The molecule has 0 amide bonds. The normalized spacial score (nSPS) is 32.2. The smallest absolute Gasteiger partial charge is 0.00928 e. The van der Waals surface area contributed by atoms with Crippen LogP contribution in [0.5, 0.6) is 0 Å². The van der Waals surface area contributed by atoms with E-state index in [0.717, 1.165) is 18.0 Å². The maximum atomic E-state index is 3.48. The van der Waals surface area contributed by atoms with Crippen molar-refractivity contribution in [1.29, 1.82) is 0 Å². The highest BCUT2D eigenvalue weighted by Gasteiger charge is 2.27. The lowest BCUT2D eigenvalue weighted by Crippen LogP contribution is -2.39. The van der Waals surface area contributed by atoms with E-state index in [4.69, 9.17) is 0 Å². The average molecular weight is 210 g/mol. The maximum absolute atomic E-state index is 3.48. The van der Waals surface area contributed by atoms with Gasteiger partial charge in [0.1, 0.15) is 0 Å². The lowest BCUT2D eigenvalue weighted by molar-refractivity contribution is 0.148. The van der Waals surface area contributed by atoms with Gasteiger partial charge in [-0.1, -0.05) is 12.8 Å². The van der Waals surface area contributed by atoms with Crippen molar-refractivity contribution < 1.29 is 0 Å². The molecule has 2 rings (SSSR count). The number of nitrogens with zero attached hydrogens (tertiary/aromatic N) is 1. The van der Waals surface area contributed by atoms with Crippen LogP contribution in [-0.4, -0.2) is 37.6 Å². The Balaban J connectivity index is 1.67. The second-order valence-electron chi connectivity index (χ2n) is 5.44. The topological polar surface area (TPSA) is 15.3 Å². The molecule has 0 heterocycles. The highest BCUT2D eigenvalue weighted by Crippen LogP contribution is 2.29. The van der Waals surface area contributed by atoms with Gasteiger partial charge in [0.25, 0.3) is 0 Å². The van der Waals surface area contributed by atoms with Gasteiger partial charge in [0.05, 0.1) is 0 Å². The Bertz CT molecular complexity index is 189. The van der Waals surface area contributed by atoms with Crippen molar-refractivity contribution >= 4 is 0 Å². The van der Waals surface area contributed by atoms with E-state index >= 15 is 0 Å². The highest BCUT2D eigenvalue weighted by molar-refractivity contribution is 4.84. The molecule has 2 aliphatic carbocycles. The lowest BCUT2D eigenvalue weighted by atomic mass is 9.91. The predicted octanol–water partition coefficient (Wildman–Crippen LogP) is 2.25. The lowest BCUT2D eigenvalue weighted by Gasteiger charge is -2.35. The van der Waals surface area contributed by atoms with Gasteiger partial charge in [-0.05, 0) is 58.7 Å². The zero-order valence-electron chi connectivity index (χ0n) is 10.3. The third kappa shape index (κ3) is 2.73. The summed E-state index contributed by atoms with van der Waals surface area (Å²) in [7, 11) is 4.44. The molecule has 0 spiro atoms. The molecule has 0 aromatic heterocycles. The first-order valence-electron chi connectivity index (χ1n) is 6.68. The molecule has 0 radical (unpaired) electrons. The molecule has 2 atom stereocenters. The van der Waals surface area contributed by atoms with E-state index in [1.807, 2.05) is 0 Å². The van der Waals surface area contributed by atoms with Gasteiger partial charge in [0.15, 0.2) is 0 Å². The summed E-state index contributed by atoms with van der Waals surface area (Å²) in [5.74, 6) is 0.942. The molecule has 2 nitrogen and oxygen atoms in total. The summed E-state index contributed by atoms with van der Waals surface area (Å²) < 4.78 is 0. The van der Waals surface area contributed by atoms with Crippen LogP contribution in [0.3, 0.4) is 0 Å². The van der Waals surface area contributed by atoms with Crippen LogP contribution in [0.2, 0.25) is 0 Å². The molecular weight excluding hydrogens is 184 g/mol. The Labute approximate surface area is 94.4 Å². The van der Waals surface area contributed by atoms with E-state index in [-0.39, 0.29) is 0 Å². The fourth-order valence-corrected chi connectivity index (χ4v) is 3.14. The summed E-state index contributed by atoms with van der Waals surface area (Å²) in [4.78, 5) is 2.59. The van der Waals surface area contributed by atoms with Crippen molar-refractivity contribution in [3.8, 4) is 0 Å². The van der Waals surface area contributed by atoms with Gasteiger partial charge in [0.2, 0.25) is 0 Å². The number of hydrogen-bond donors (Lipinski definition) is 1. The van der Waals surface area contributed by atoms with Gasteiger partial charge in [-0.2, -0.15) is 0 Å².